The van der Waals surface area contributed by atoms with Crippen LogP contribution in [-0.4, -0.2) is 81.3 Å². The SMILES string of the molecule is O=C(O)N1CCC(Oc2ncnc3c2cnn3-c2ccc(N3CCOCC3)cc2)CC1. The van der Waals surface area contributed by atoms with Crippen LogP contribution in [0.2, 0.25) is 0 Å². The number of ether oxygens (including phenoxy) is 2. The van der Waals surface area contributed by atoms with Gasteiger partial charge < -0.3 is 24.4 Å². The summed E-state index contributed by atoms with van der Waals surface area (Å²) in [7, 11) is 0. The van der Waals surface area contributed by atoms with Gasteiger partial charge in [0.05, 0.1) is 25.1 Å². The summed E-state index contributed by atoms with van der Waals surface area (Å²) in [6.45, 7) is 4.21. The van der Waals surface area contributed by atoms with Crippen molar-refractivity contribution in [1.82, 2.24) is 24.6 Å². The Balaban J connectivity index is 1.34. The molecule has 2 saturated heterocycles. The third-order valence-corrected chi connectivity index (χ3v) is 5.79. The molecule has 0 bridgehead atoms. The highest BCUT2D eigenvalue weighted by molar-refractivity contribution is 5.81. The highest BCUT2D eigenvalue weighted by atomic mass is 16.5. The molecule has 2 aliphatic rings. The van der Waals surface area contributed by atoms with Crippen molar-refractivity contribution < 1.29 is 19.4 Å². The Morgan fingerprint density at radius 3 is 2.45 bits per heavy atom. The average Bonchev–Trinajstić information content (AvgIpc) is 3.25. The van der Waals surface area contributed by atoms with Crippen molar-refractivity contribution in [3.05, 3.63) is 36.8 Å². The zero-order valence-electron chi connectivity index (χ0n) is 17.1. The summed E-state index contributed by atoms with van der Waals surface area (Å²) in [4.78, 5) is 23.5. The van der Waals surface area contributed by atoms with E-state index >= 15 is 0 Å². The van der Waals surface area contributed by atoms with Crippen molar-refractivity contribution in [1.29, 1.82) is 0 Å². The van der Waals surface area contributed by atoms with E-state index in [0.29, 0.717) is 37.5 Å². The molecule has 1 N–H and O–H groups in total. The van der Waals surface area contributed by atoms with E-state index in [4.69, 9.17) is 14.6 Å². The van der Waals surface area contributed by atoms with Gasteiger partial charge in [-0.1, -0.05) is 0 Å². The van der Waals surface area contributed by atoms with Crippen LogP contribution in [0.25, 0.3) is 16.7 Å². The first-order chi connectivity index (χ1) is 15.2. The van der Waals surface area contributed by atoms with Gasteiger partial charge in [-0.3, -0.25) is 0 Å². The number of hydrogen-bond donors (Lipinski definition) is 1. The summed E-state index contributed by atoms with van der Waals surface area (Å²) in [5.41, 5.74) is 2.74. The molecule has 0 unspecified atom stereocenters. The summed E-state index contributed by atoms with van der Waals surface area (Å²) in [5.74, 6) is 0.481. The zero-order valence-corrected chi connectivity index (χ0v) is 17.1. The number of carbonyl (C=O) groups is 1. The van der Waals surface area contributed by atoms with Crippen LogP contribution in [0.4, 0.5) is 10.5 Å². The second-order valence-electron chi connectivity index (χ2n) is 7.68. The van der Waals surface area contributed by atoms with E-state index in [1.807, 2.05) is 12.1 Å². The minimum atomic E-state index is -0.885. The van der Waals surface area contributed by atoms with Crippen molar-refractivity contribution >= 4 is 22.8 Å². The van der Waals surface area contributed by atoms with E-state index in [0.717, 1.165) is 43.1 Å². The molecule has 2 fully saturated rings. The Labute approximate surface area is 179 Å². The molecule has 162 valence electrons. The molecule has 1 aromatic carbocycles. The van der Waals surface area contributed by atoms with Crippen LogP contribution in [0, 0.1) is 0 Å². The molecule has 0 spiro atoms. The second kappa shape index (κ2) is 8.38. The standard InChI is InChI=1S/C21H24N6O4/c28-21(29)26-7-5-17(6-8-26)31-20-18-13-24-27(19(18)22-14-23-20)16-3-1-15(2-4-16)25-9-11-30-12-10-25/h1-4,13-14,17H,5-12H2,(H,28,29). The van der Waals surface area contributed by atoms with Crippen LogP contribution in [0.15, 0.2) is 36.8 Å². The molecule has 1 amide bonds. The smallest absolute Gasteiger partial charge is 0.407 e. The van der Waals surface area contributed by atoms with Crippen molar-refractivity contribution in [2.75, 3.05) is 44.3 Å². The monoisotopic (exact) mass is 424 g/mol. The van der Waals surface area contributed by atoms with Crippen LogP contribution in [-0.2, 0) is 4.74 Å². The van der Waals surface area contributed by atoms with E-state index in [-0.39, 0.29) is 6.10 Å². The largest absolute Gasteiger partial charge is 0.474 e. The maximum absolute atomic E-state index is 11.1. The summed E-state index contributed by atoms with van der Waals surface area (Å²) in [6, 6.07) is 8.23. The lowest BCUT2D eigenvalue weighted by atomic mass is 10.1. The molecule has 10 heteroatoms. The molecule has 3 aromatic rings. The first kappa shape index (κ1) is 19.6. The fraction of sp³-hybridized carbons (Fsp3) is 0.429. The minimum Gasteiger partial charge on any atom is -0.474 e. The van der Waals surface area contributed by atoms with Crippen LogP contribution >= 0.6 is 0 Å². The van der Waals surface area contributed by atoms with Gasteiger partial charge in [0, 0.05) is 44.7 Å². The van der Waals surface area contributed by atoms with E-state index < -0.39 is 6.09 Å². The second-order valence-corrected chi connectivity index (χ2v) is 7.68. The summed E-state index contributed by atoms with van der Waals surface area (Å²) in [5, 5.41) is 14.4. The molecular formula is C21H24N6O4. The summed E-state index contributed by atoms with van der Waals surface area (Å²) in [6.07, 6.45) is 3.50. The first-order valence-corrected chi connectivity index (χ1v) is 10.5. The van der Waals surface area contributed by atoms with Gasteiger partial charge >= 0.3 is 6.09 Å². The number of nitrogens with zero attached hydrogens (tertiary/aromatic N) is 6. The number of rotatable bonds is 4. The molecule has 2 aliphatic heterocycles. The summed E-state index contributed by atoms with van der Waals surface area (Å²) >= 11 is 0. The number of hydrogen-bond acceptors (Lipinski definition) is 7. The number of piperidine rings is 1. The number of benzene rings is 1. The van der Waals surface area contributed by atoms with Gasteiger partial charge in [0.25, 0.3) is 0 Å². The Kier molecular flexibility index (Phi) is 5.29. The van der Waals surface area contributed by atoms with Crippen molar-refractivity contribution in [2.24, 2.45) is 0 Å². The maximum atomic E-state index is 11.1. The number of aromatic nitrogens is 4. The summed E-state index contributed by atoms with van der Waals surface area (Å²) < 4.78 is 13.3. The molecule has 2 aromatic heterocycles. The number of amides is 1. The Morgan fingerprint density at radius 2 is 1.74 bits per heavy atom. The van der Waals surface area contributed by atoms with E-state index in [1.54, 1.807) is 10.9 Å². The van der Waals surface area contributed by atoms with Crippen molar-refractivity contribution in [3.63, 3.8) is 0 Å². The van der Waals surface area contributed by atoms with Crippen LogP contribution in [0.3, 0.4) is 0 Å². The van der Waals surface area contributed by atoms with E-state index in [2.05, 4.69) is 32.1 Å². The normalized spacial score (nSPS) is 17.8. The lowest BCUT2D eigenvalue weighted by molar-refractivity contribution is 0.0879. The molecule has 0 radical (unpaired) electrons. The number of fused-ring (bicyclic) bond motifs is 1. The first-order valence-electron chi connectivity index (χ1n) is 10.5. The fourth-order valence-corrected chi connectivity index (χ4v) is 4.05. The fourth-order valence-electron chi connectivity index (χ4n) is 4.05. The maximum Gasteiger partial charge on any atom is 0.407 e. The van der Waals surface area contributed by atoms with Gasteiger partial charge in [0.1, 0.15) is 17.8 Å². The van der Waals surface area contributed by atoms with Gasteiger partial charge in [-0.2, -0.15) is 5.10 Å². The van der Waals surface area contributed by atoms with Crippen LogP contribution < -0.4 is 9.64 Å². The van der Waals surface area contributed by atoms with E-state index in [9.17, 15) is 4.79 Å². The molecule has 31 heavy (non-hydrogen) atoms. The van der Waals surface area contributed by atoms with Gasteiger partial charge in [-0.15, -0.1) is 0 Å². The third kappa shape index (κ3) is 3.98. The number of anilines is 1. The Morgan fingerprint density at radius 1 is 1.03 bits per heavy atom. The molecule has 0 atom stereocenters. The molecular weight excluding hydrogens is 400 g/mol. The Hall–Kier alpha value is -3.40. The average molecular weight is 424 g/mol. The predicted octanol–water partition coefficient (Wildman–Crippen LogP) is 2.17. The quantitative estimate of drug-likeness (QED) is 0.679. The van der Waals surface area contributed by atoms with Crippen molar-refractivity contribution in [2.45, 2.75) is 18.9 Å². The molecule has 0 aliphatic carbocycles. The number of carboxylic acid groups (broad SMARTS) is 1. The van der Waals surface area contributed by atoms with Gasteiger partial charge in [-0.25, -0.2) is 19.4 Å². The van der Waals surface area contributed by atoms with Crippen LogP contribution in [0.1, 0.15) is 12.8 Å². The van der Waals surface area contributed by atoms with Gasteiger partial charge in [0.2, 0.25) is 5.88 Å². The number of morpholine rings is 1. The van der Waals surface area contributed by atoms with Crippen LogP contribution in [0.5, 0.6) is 5.88 Å². The van der Waals surface area contributed by atoms with Gasteiger partial charge in [-0.05, 0) is 24.3 Å². The topological polar surface area (TPSA) is 106 Å². The minimum absolute atomic E-state index is 0.0788. The molecule has 10 nitrogen and oxygen atoms in total. The molecule has 0 saturated carbocycles. The lowest BCUT2D eigenvalue weighted by Crippen LogP contribution is -2.41. The highest BCUT2D eigenvalue weighted by Crippen LogP contribution is 2.27. The third-order valence-electron chi connectivity index (χ3n) is 5.79. The molecule has 5 rings (SSSR count). The zero-order chi connectivity index (χ0) is 21.2. The van der Waals surface area contributed by atoms with Gasteiger partial charge in [0.15, 0.2) is 5.65 Å². The Bertz CT molecular complexity index is 1060. The lowest BCUT2D eigenvalue weighted by Gasteiger charge is -2.29. The highest BCUT2D eigenvalue weighted by Gasteiger charge is 2.25. The predicted molar refractivity (Wildman–Crippen MR) is 113 cm³/mol. The van der Waals surface area contributed by atoms with E-state index in [1.165, 1.54) is 11.2 Å². The molecule has 4 heterocycles. The number of likely N-dealkylation sites (tertiary alicyclic amines) is 1. The van der Waals surface area contributed by atoms with Crippen molar-refractivity contribution in [3.8, 4) is 11.6 Å².